The topological polar surface area (TPSA) is 68.2 Å². The number of alkyl halides is 1. The molecular formula is C18H23FN4O2. The molecule has 25 heavy (non-hydrogen) atoms. The van der Waals surface area contributed by atoms with E-state index in [1.807, 2.05) is 11.6 Å². The minimum absolute atomic E-state index is 0.00477. The van der Waals surface area contributed by atoms with Gasteiger partial charge in [0.25, 0.3) is 0 Å². The maximum absolute atomic E-state index is 12.2. The lowest BCUT2D eigenvalue weighted by Crippen LogP contribution is -2.20. The number of urea groups is 1. The van der Waals surface area contributed by atoms with Crippen molar-refractivity contribution in [2.45, 2.75) is 38.6 Å². The average Bonchev–Trinajstić information content (AvgIpc) is 3.24. The monoisotopic (exact) mass is 346 g/mol. The Morgan fingerprint density at radius 1 is 1.36 bits per heavy atom. The molecule has 1 fully saturated rings. The summed E-state index contributed by atoms with van der Waals surface area (Å²) in [6, 6.07) is 6.95. The summed E-state index contributed by atoms with van der Waals surface area (Å²) in [5.74, 6) is 0.515. The molecule has 3 rings (SSSR count). The van der Waals surface area contributed by atoms with Crippen LogP contribution in [0.4, 0.5) is 20.6 Å². The van der Waals surface area contributed by atoms with Gasteiger partial charge in [0.05, 0.1) is 23.6 Å². The van der Waals surface area contributed by atoms with E-state index in [0.717, 1.165) is 18.5 Å². The third kappa shape index (κ3) is 4.29. The van der Waals surface area contributed by atoms with Crippen LogP contribution in [0.3, 0.4) is 0 Å². The van der Waals surface area contributed by atoms with Gasteiger partial charge in [0.1, 0.15) is 19.0 Å². The smallest absolute Gasteiger partial charge is 0.323 e. The molecule has 1 aliphatic carbocycles. The number of hydrogen-bond acceptors (Lipinski definition) is 3. The van der Waals surface area contributed by atoms with Gasteiger partial charge in [-0.3, -0.25) is 4.68 Å². The quantitative estimate of drug-likeness (QED) is 0.819. The van der Waals surface area contributed by atoms with Gasteiger partial charge >= 0.3 is 6.03 Å². The molecule has 1 aliphatic rings. The number of amides is 2. The Morgan fingerprint density at radius 3 is 2.92 bits per heavy atom. The van der Waals surface area contributed by atoms with Crippen molar-refractivity contribution < 1.29 is 13.9 Å². The first-order valence-corrected chi connectivity index (χ1v) is 8.58. The van der Waals surface area contributed by atoms with E-state index < -0.39 is 6.67 Å². The summed E-state index contributed by atoms with van der Waals surface area (Å²) in [6.45, 7) is 1.41. The molecule has 6 nitrogen and oxygen atoms in total. The Labute approximate surface area is 146 Å². The molecule has 7 heteroatoms. The molecule has 1 aromatic heterocycles. The second-order valence-corrected chi connectivity index (χ2v) is 6.17. The number of rotatable bonds is 6. The molecule has 0 bridgehead atoms. The molecule has 2 N–H and O–H groups in total. The van der Waals surface area contributed by atoms with E-state index in [-0.39, 0.29) is 12.6 Å². The van der Waals surface area contributed by atoms with E-state index >= 15 is 0 Å². The first-order chi connectivity index (χ1) is 12.2. The highest BCUT2D eigenvalue weighted by Crippen LogP contribution is 2.31. The number of nitrogens with zero attached hydrogens (tertiary/aromatic N) is 2. The van der Waals surface area contributed by atoms with Gasteiger partial charge in [-0.05, 0) is 31.9 Å². The van der Waals surface area contributed by atoms with Crippen LogP contribution in [0.25, 0.3) is 0 Å². The molecule has 1 heterocycles. The fourth-order valence-electron chi connectivity index (χ4n) is 3.17. The molecule has 2 aromatic rings. The summed E-state index contributed by atoms with van der Waals surface area (Å²) in [6.07, 6.45) is 6.43. The van der Waals surface area contributed by atoms with Gasteiger partial charge in [-0.25, -0.2) is 9.18 Å². The van der Waals surface area contributed by atoms with Gasteiger partial charge in [0.15, 0.2) is 0 Å². The lowest BCUT2D eigenvalue weighted by atomic mass is 10.2. The summed E-state index contributed by atoms with van der Waals surface area (Å²) in [5, 5.41) is 10.0. The van der Waals surface area contributed by atoms with Gasteiger partial charge in [-0.1, -0.05) is 18.9 Å². The maximum Gasteiger partial charge on any atom is 0.323 e. The summed E-state index contributed by atoms with van der Waals surface area (Å²) >= 11 is 0. The fraction of sp³-hybridized carbons (Fsp3) is 0.444. The SMILES string of the molecule is Cc1c(NC(=O)Nc2cccc(OCCF)c2)cnn1C1CCCC1. The number of hydrogen-bond donors (Lipinski definition) is 2. The molecule has 1 saturated carbocycles. The molecule has 0 unspecified atom stereocenters. The summed E-state index contributed by atoms with van der Waals surface area (Å²) in [4.78, 5) is 12.2. The Bertz CT molecular complexity index is 726. The number of ether oxygens (including phenoxy) is 1. The van der Waals surface area contributed by atoms with Crippen LogP contribution < -0.4 is 15.4 Å². The van der Waals surface area contributed by atoms with Crippen LogP contribution in [-0.2, 0) is 0 Å². The number of aromatic nitrogens is 2. The van der Waals surface area contributed by atoms with Gasteiger partial charge < -0.3 is 15.4 Å². The fourth-order valence-corrected chi connectivity index (χ4v) is 3.17. The first kappa shape index (κ1) is 17.3. The van der Waals surface area contributed by atoms with Crippen molar-refractivity contribution >= 4 is 17.4 Å². The average molecular weight is 346 g/mol. The Hall–Kier alpha value is -2.57. The van der Waals surface area contributed by atoms with Crippen molar-refractivity contribution in [3.8, 4) is 5.75 Å². The normalized spacial score (nSPS) is 14.5. The Kier molecular flexibility index (Phi) is 5.53. The number of carbonyl (C=O) groups excluding carboxylic acids is 1. The summed E-state index contributed by atoms with van der Waals surface area (Å²) < 4.78 is 19.4. The molecule has 134 valence electrons. The van der Waals surface area contributed by atoms with Crippen molar-refractivity contribution in [2.75, 3.05) is 23.9 Å². The Balaban J connectivity index is 1.61. The second kappa shape index (κ2) is 8.00. The van der Waals surface area contributed by atoms with Crippen LogP contribution in [-0.4, -0.2) is 29.1 Å². The highest BCUT2D eigenvalue weighted by molar-refractivity contribution is 6.00. The maximum atomic E-state index is 12.2. The predicted molar refractivity (Wildman–Crippen MR) is 95.0 cm³/mol. The zero-order valence-corrected chi connectivity index (χ0v) is 14.3. The summed E-state index contributed by atoms with van der Waals surface area (Å²) in [5.41, 5.74) is 2.24. The van der Waals surface area contributed by atoms with Crippen LogP contribution in [0.1, 0.15) is 37.4 Å². The third-order valence-electron chi connectivity index (χ3n) is 4.40. The van der Waals surface area contributed by atoms with Gasteiger partial charge in [0.2, 0.25) is 0 Å². The van der Waals surface area contributed by atoms with Crippen molar-refractivity contribution in [1.82, 2.24) is 9.78 Å². The highest BCUT2D eigenvalue weighted by Gasteiger charge is 2.20. The highest BCUT2D eigenvalue weighted by atomic mass is 19.1. The molecule has 0 spiro atoms. The van der Waals surface area contributed by atoms with E-state index in [1.165, 1.54) is 12.8 Å². The van der Waals surface area contributed by atoms with Crippen molar-refractivity contribution in [2.24, 2.45) is 0 Å². The molecule has 0 saturated heterocycles. The number of anilines is 2. The van der Waals surface area contributed by atoms with E-state index in [1.54, 1.807) is 30.5 Å². The van der Waals surface area contributed by atoms with Gasteiger partial charge in [-0.2, -0.15) is 5.10 Å². The van der Waals surface area contributed by atoms with E-state index in [9.17, 15) is 9.18 Å². The first-order valence-electron chi connectivity index (χ1n) is 8.58. The van der Waals surface area contributed by atoms with Crippen LogP contribution in [0.5, 0.6) is 5.75 Å². The zero-order valence-electron chi connectivity index (χ0n) is 14.3. The van der Waals surface area contributed by atoms with E-state index in [2.05, 4.69) is 15.7 Å². The zero-order chi connectivity index (χ0) is 17.6. The molecule has 0 aliphatic heterocycles. The van der Waals surface area contributed by atoms with Crippen LogP contribution in [0.2, 0.25) is 0 Å². The molecule has 2 amide bonds. The summed E-state index contributed by atoms with van der Waals surface area (Å²) in [7, 11) is 0. The van der Waals surface area contributed by atoms with E-state index in [4.69, 9.17) is 4.74 Å². The van der Waals surface area contributed by atoms with Crippen LogP contribution in [0.15, 0.2) is 30.5 Å². The van der Waals surface area contributed by atoms with Crippen molar-refractivity contribution in [1.29, 1.82) is 0 Å². The number of benzene rings is 1. The lowest BCUT2D eigenvalue weighted by Gasteiger charge is -2.13. The Morgan fingerprint density at radius 2 is 2.16 bits per heavy atom. The van der Waals surface area contributed by atoms with E-state index in [0.29, 0.717) is 23.2 Å². The van der Waals surface area contributed by atoms with Crippen LogP contribution in [0, 0.1) is 6.92 Å². The largest absolute Gasteiger partial charge is 0.491 e. The van der Waals surface area contributed by atoms with Gasteiger partial charge in [-0.15, -0.1) is 0 Å². The number of nitrogens with one attached hydrogen (secondary N) is 2. The second-order valence-electron chi connectivity index (χ2n) is 6.17. The molecule has 0 radical (unpaired) electrons. The van der Waals surface area contributed by atoms with Gasteiger partial charge in [0, 0.05) is 11.8 Å². The minimum Gasteiger partial charge on any atom is -0.491 e. The molecular weight excluding hydrogens is 323 g/mol. The van der Waals surface area contributed by atoms with Crippen molar-refractivity contribution in [3.05, 3.63) is 36.2 Å². The molecule has 0 atom stereocenters. The number of carbonyl (C=O) groups is 1. The molecule has 1 aromatic carbocycles. The van der Waals surface area contributed by atoms with Crippen LogP contribution >= 0.6 is 0 Å². The number of halogens is 1. The minimum atomic E-state index is -0.553. The van der Waals surface area contributed by atoms with Crippen molar-refractivity contribution in [3.63, 3.8) is 0 Å². The standard InChI is InChI=1S/C18H23FN4O2/c1-13-17(12-20-23(13)15-6-2-3-7-15)22-18(24)21-14-5-4-8-16(11-14)25-10-9-19/h4-5,8,11-12,15H,2-3,6-7,9-10H2,1H3,(H2,21,22,24). The lowest BCUT2D eigenvalue weighted by molar-refractivity contribution is 0.262. The predicted octanol–water partition coefficient (Wildman–Crippen LogP) is 4.30. The third-order valence-corrected chi connectivity index (χ3v) is 4.40.